The van der Waals surface area contributed by atoms with Crippen LogP contribution in [0.25, 0.3) is 0 Å². The van der Waals surface area contributed by atoms with E-state index >= 15 is 0 Å². The van der Waals surface area contributed by atoms with Crippen molar-refractivity contribution in [1.82, 2.24) is 0 Å². The van der Waals surface area contributed by atoms with Crippen LogP contribution in [0.1, 0.15) is 41.0 Å². The highest BCUT2D eigenvalue weighted by atomic mass is 16.5. The number of rotatable bonds is 0. The van der Waals surface area contributed by atoms with Gasteiger partial charge >= 0.3 is 0 Å². The van der Waals surface area contributed by atoms with Gasteiger partial charge < -0.3 is 4.74 Å². The van der Waals surface area contributed by atoms with Gasteiger partial charge in [0, 0.05) is 6.61 Å². The zero-order valence-corrected chi connectivity index (χ0v) is 8.40. The first-order valence-electron chi connectivity index (χ1n) is 4.48. The van der Waals surface area contributed by atoms with E-state index in [1.807, 2.05) is 0 Å². The molecule has 1 fully saturated rings. The summed E-state index contributed by atoms with van der Waals surface area (Å²) in [5.41, 5.74) is 0.484. The highest BCUT2D eigenvalue weighted by Gasteiger charge is 2.42. The van der Waals surface area contributed by atoms with Gasteiger partial charge in [-0.1, -0.05) is 20.8 Å². The van der Waals surface area contributed by atoms with Crippen LogP contribution in [0.5, 0.6) is 0 Å². The second-order valence-electron chi connectivity index (χ2n) is 5.16. The van der Waals surface area contributed by atoms with E-state index in [1.165, 1.54) is 6.42 Å². The van der Waals surface area contributed by atoms with Gasteiger partial charge in [-0.05, 0) is 31.6 Å². The lowest BCUT2D eigenvalue weighted by Gasteiger charge is -2.36. The van der Waals surface area contributed by atoms with Crippen molar-refractivity contribution < 1.29 is 4.74 Å². The summed E-state index contributed by atoms with van der Waals surface area (Å²) in [6.07, 6.45) is 1.22. The minimum absolute atomic E-state index is 0.0955. The Kier molecular flexibility index (Phi) is 2.04. The second-order valence-corrected chi connectivity index (χ2v) is 5.16. The first kappa shape index (κ1) is 9.05. The van der Waals surface area contributed by atoms with Crippen molar-refractivity contribution in [2.75, 3.05) is 6.61 Å². The van der Waals surface area contributed by atoms with Crippen molar-refractivity contribution in [2.45, 2.75) is 46.6 Å². The van der Waals surface area contributed by atoms with Crippen LogP contribution in [0, 0.1) is 11.3 Å². The molecule has 1 nitrogen and oxygen atoms in total. The van der Waals surface area contributed by atoms with Crippen LogP contribution in [0.15, 0.2) is 0 Å². The van der Waals surface area contributed by atoms with Crippen molar-refractivity contribution in [3.8, 4) is 0 Å². The maximum absolute atomic E-state index is 5.68. The fourth-order valence-electron chi connectivity index (χ4n) is 2.36. The maximum Gasteiger partial charge on any atom is 0.0660 e. The molecule has 0 aromatic rings. The normalized spacial score (nSPS) is 30.8. The van der Waals surface area contributed by atoms with Gasteiger partial charge in [-0.25, -0.2) is 0 Å². The summed E-state index contributed by atoms with van der Waals surface area (Å²) in [7, 11) is 0. The molecule has 1 atom stereocenters. The molecule has 11 heavy (non-hydrogen) atoms. The smallest absolute Gasteiger partial charge is 0.0660 e. The molecule has 0 aliphatic carbocycles. The largest absolute Gasteiger partial charge is 0.375 e. The summed E-state index contributed by atoms with van der Waals surface area (Å²) in [5.74, 6) is 0.704. The Labute approximate surface area is 70.1 Å². The molecule has 0 amide bonds. The van der Waals surface area contributed by atoms with Crippen LogP contribution in [0.2, 0.25) is 0 Å². The van der Waals surface area contributed by atoms with Crippen molar-refractivity contribution in [1.29, 1.82) is 0 Å². The molecule has 66 valence electrons. The van der Waals surface area contributed by atoms with E-state index in [9.17, 15) is 0 Å². The first-order valence-corrected chi connectivity index (χ1v) is 4.48. The van der Waals surface area contributed by atoms with Crippen LogP contribution in [0.3, 0.4) is 0 Å². The molecule has 0 spiro atoms. The number of ether oxygens (including phenoxy) is 1. The molecule has 0 aromatic carbocycles. The van der Waals surface area contributed by atoms with Gasteiger partial charge in [0.25, 0.3) is 0 Å². The van der Waals surface area contributed by atoms with Crippen molar-refractivity contribution in [3.05, 3.63) is 0 Å². The predicted octanol–water partition coefficient (Wildman–Crippen LogP) is 2.85. The van der Waals surface area contributed by atoms with Crippen molar-refractivity contribution >= 4 is 0 Å². The molecule has 1 aliphatic heterocycles. The van der Waals surface area contributed by atoms with E-state index in [2.05, 4.69) is 34.6 Å². The molecule has 1 aliphatic rings. The van der Waals surface area contributed by atoms with Crippen LogP contribution < -0.4 is 0 Å². The maximum atomic E-state index is 5.68. The number of hydrogen-bond donors (Lipinski definition) is 0. The summed E-state index contributed by atoms with van der Waals surface area (Å²) in [4.78, 5) is 0. The SMILES string of the molecule is CC(C)(C)C1CCOC1(C)C. The third kappa shape index (κ3) is 1.76. The molecular formula is C10H20O. The quantitative estimate of drug-likeness (QED) is 0.524. The van der Waals surface area contributed by atoms with E-state index in [-0.39, 0.29) is 5.60 Å². The Balaban J connectivity index is 2.73. The summed E-state index contributed by atoms with van der Waals surface area (Å²) in [6.45, 7) is 12.2. The van der Waals surface area contributed by atoms with E-state index in [4.69, 9.17) is 4.74 Å². The van der Waals surface area contributed by atoms with Crippen molar-refractivity contribution in [2.24, 2.45) is 11.3 Å². The molecule has 0 saturated carbocycles. The zero-order valence-electron chi connectivity index (χ0n) is 8.40. The lowest BCUT2D eigenvalue weighted by molar-refractivity contribution is -0.0178. The van der Waals surface area contributed by atoms with Gasteiger partial charge in [-0.15, -0.1) is 0 Å². The van der Waals surface area contributed by atoms with Gasteiger partial charge in [0.2, 0.25) is 0 Å². The van der Waals surface area contributed by atoms with E-state index in [1.54, 1.807) is 0 Å². The van der Waals surface area contributed by atoms with E-state index in [0.717, 1.165) is 6.61 Å². The Morgan fingerprint density at radius 1 is 1.27 bits per heavy atom. The first-order chi connectivity index (χ1) is 4.84. The monoisotopic (exact) mass is 156 g/mol. The molecule has 0 N–H and O–H groups in total. The van der Waals surface area contributed by atoms with Gasteiger partial charge in [0.1, 0.15) is 0 Å². The molecule has 1 heteroatoms. The minimum atomic E-state index is 0.0955. The summed E-state index contributed by atoms with van der Waals surface area (Å²) >= 11 is 0. The minimum Gasteiger partial charge on any atom is -0.375 e. The molecule has 0 radical (unpaired) electrons. The Morgan fingerprint density at radius 3 is 2.00 bits per heavy atom. The lowest BCUT2D eigenvalue weighted by Crippen LogP contribution is -2.36. The van der Waals surface area contributed by atoms with Gasteiger partial charge in [-0.2, -0.15) is 0 Å². The van der Waals surface area contributed by atoms with Gasteiger partial charge in [-0.3, -0.25) is 0 Å². The summed E-state index contributed by atoms with van der Waals surface area (Å²) in [6, 6.07) is 0. The summed E-state index contributed by atoms with van der Waals surface area (Å²) < 4.78 is 5.68. The Hall–Kier alpha value is -0.0400. The van der Waals surface area contributed by atoms with Gasteiger partial charge in [0.15, 0.2) is 0 Å². The third-order valence-electron chi connectivity index (χ3n) is 2.77. The average Bonchev–Trinajstić information content (AvgIpc) is 2.06. The fraction of sp³-hybridized carbons (Fsp3) is 1.00. The molecule has 1 rings (SSSR count). The standard InChI is InChI=1S/C10H20O/c1-9(2,3)8-6-7-11-10(8,4)5/h8H,6-7H2,1-5H3. The molecule has 1 heterocycles. The molecule has 0 aromatic heterocycles. The molecule has 1 saturated heterocycles. The second kappa shape index (κ2) is 2.48. The van der Waals surface area contributed by atoms with E-state index in [0.29, 0.717) is 11.3 Å². The Morgan fingerprint density at radius 2 is 1.82 bits per heavy atom. The Bertz CT molecular complexity index is 141. The number of hydrogen-bond acceptors (Lipinski definition) is 1. The molecule has 0 bridgehead atoms. The highest BCUT2D eigenvalue weighted by molar-refractivity contribution is 4.91. The molecular weight excluding hydrogens is 136 g/mol. The van der Waals surface area contributed by atoms with E-state index < -0.39 is 0 Å². The van der Waals surface area contributed by atoms with Gasteiger partial charge in [0.05, 0.1) is 5.60 Å². The van der Waals surface area contributed by atoms with Crippen LogP contribution >= 0.6 is 0 Å². The lowest BCUT2D eigenvalue weighted by atomic mass is 9.72. The van der Waals surface area contributed by atoms with Crippen molar-refractivity contribution in [3.63, 3.8) is 0 Å². The molecule has 1 unspecified atom stereocenters. The van der Waals surface area contributed by atoms with Crippen LogP contribution in [0.4, 0.5) is 0 Å². The van der Waals surface area contributed by atoms with Crippen LogP contribution in [-0.2, 0) is 4.74 Å². The topological polar surface area (TPSA) is 9.23 Å². The predicted molar refractivity (Wildman–Crippen MR) is 47.6 cm³/mol. The van der Waals surface area contributed by atoms with Crippen LogP contribution in [-0.4, -0.2) is 12.2 Å². The third-order valence-corrected chi connectivity index (χ3v) is 2.77. The zero-order chi connectivity index (χ0) is 8.70. The average molecular weight is 156 g/mol. The fourth-order valence-corrected chi connectivity index (χ4v) is 2.36. The summed E-state index contributed by atoms with van der Waals surface area (Å²) in [5, 5.41) is 0. The highest BCUT2D eigenvalue weighted by Crippen LogP contribution is 2.43.